The van der Waals surface area contributed by atoms with Crippen LogP contribution in [0.3, 0.4) is 0 Å². The summed E-state index contributed by atoms with van der Waals surface area (Å²) in [4.78, 5) is 29.5. The molecule has 2 fully saturated rings. The number of hydrogen-bond donors (Lipinski definition) is 1. The van der Waals surface area contributed by atoms with Crippen LogP contribution in [-0.4, -0.2) is 32.4 Å². The van der Waals surface area contributed by atoms with Crippen LogP contribution >= 0.6 is 0 Å². The Morgan fingerprint density at radius 2 is 2.00 bits per heavy atom. The first kappa shape index (κ1) is 15.1. The molecule has 0 bridgehead atoms. The van der Waals surface area contributed by atoms with Crippen molar-refractivity contribution in [1.82, 2.24) is 25.3 Å². The predicted molar refractivity (Wildman–Crippen MR) is 85.1 cm³/mol. The van der Waals surface area contributed by atoms with Crippen LogP contribution in [0.15, 0.2) is 24.7 Å². The molecule has 1 aliphatic heterocycles. The quantitative estimate of drug-likeness (QED) is 0.903. The monoisotopic (exact) mass is 325 g/mol. The van der Waals surface area contributed by atoms with Crippen molar-refractivity contribution in [2.75, 3.05) is 6.61 Å². The molecule has 4 rings (SSSR count). The number of hydrogen-bond acceptors (Lipinski definition) is 6. The van der Waals surface area contributed by atoms with Gasteiger partial charge in [0, 0.05) is 31.1 Å². The Bertz CT molecular complexity index is 724. The third kappa shape index (κ3) is 3.41. The third-order valence-electron chi connectivity index (χ3n) is 4.26. The Kier molecular flexibility index (Phi) is 4.17. The van der Waals surface area contributed by atoms with Crippen LogP contribution in [0.1, 0.15) is 65.4 Å². The molecule has 2 aromatic rings. The second-order valence-electron chi connectivity index (χ2n) is 6.19. The van der Waals surface area contributed by atoms with E-state index in [0.29, 0.717) is 23.9 Å². The highest BCUT2D eigenvalue weighted by atomic mass is 16.5. The zero-order valence-electron chi connectivity index (χ0n) is 13.3. The van der Waals surface area contributed by atoms with Crippen LogP contribution < -0.4 is 5.32 Å². The van der Waals surface area contributed by atoms with Crippen molar-refractivity contribution in [3.8, 4) is 0 Å². The van der Waals surface area contributed by atoms with Gasteiger partial charge in [0.2, 0.25) is 0 Å². The summed E-state index contributed by atoms with van der Waals surface area (Å²) >= 11 is 0. The minimum atomic E-state index is -0.199. The first-order valence-electron chi connectivity index (χ1n) is 8.33. The summed E-state index contributed by atoms with van der Waals surface area (Å²) in [5.41, 5.74) is 1.23. The van der Waals surface area contributed by atoms with E-state index in [-0.39, 0.29) is 12.0 Å². The maximum Gasteiger partial charge on any atom is 0.254 e. The summed E-state index contributed by atoms with van der Waals surface area (Å²) in [6, 6.07) is 1.80. The van der Waals surface area contributed by atoms with Crippen LogP contribution in [0.25, 0.3) is 0 Å². The number of aromatic nitrogens is 4. The van der Waals surface area contributed by atoms with Crippen LogP contribution in [0.2, 0.25) is 0 Å². The van der Waals surface area contributed by atoms with Crippen LogP contribution in [0.5, 0.6) is 0 Å². The molecule has 0 unspecified atom stereocenters. The fraction of sp³-hybridized carbons (Fsp3) is 0.471. The molecule has 1 aliphatic carbocycles. The van der Waals surface area contributed by atoms with Gasteiger partial charge in [-0.15, -0.1) is 0 Å². The van der Waals surface area contributed by atoms with Crippen molar-refractivity contribution >= 4 is 5.91 Å². The molecule has 2 aromatic heterocycles. The molecule has 0 aromatic carbocycles. The minimum absolute atomic E-state index is 0.0241. The Labute approximate surface area is 139 Å². The number of nitrogens with zero attached hydrogens (tertiary/aromatic N) is 4. The second kappa shape index (κ2) is 6.60. The SMILES string of the molecule is O=C(NCc1ccnc([C@@H]2CCCO2)n1)c1cnc(C2CC2)nc1. The summed E-state index contributed by atoms with van der Waals surface area (Å²) < 4.78 is 5.60. The summed E-state index contributed by atoms with van der Waals surface area (Å²) in [6.07, 6.45) is 9.13. The van der Waals surface area contributed by atoms with E-state index in [0.717, 1.165) is 43.8 Å². The third-order valence-corrected chi connectivity index (χ3v) is 4.26. The molecular formula is C17H19N5O2. The molecule has 7 nitrogen and oxygen atoms in total. The highest BCUT2D eigenvalue weighted by Gasteiger charge is 2.26. The topological polar surface area (TPSA) is 89.9 Å². The van der Waals surface area contributed by atoms with Gasteiger partial charge in [-0.2, -0.15) is 0 Å². The fourth-order valence-corrected chi connectivity index (χ4v) is 2.73. The molecule has 1 N–H and O–H groups in total. The van der Waals surface area contributed by atoms with E-state index in [1.807, 2.05) is 0 Å². The number of amides is 1. The number of nitrogens with one attached hydrogen (secondary N) is 1. The van der Waals surface area contributed by atoms with Gasteiger partial charge in [-0.1, -0.05) is 0 Å². The molecule has 1 saturated carbocycles. The van der Waals surface area contributed by atoms with E-state index >= 15 is 0 Å². The smallest absolute Gasteiger partial charge is 0.254 e. The molecule has 124 valence electrons. The highest BCUT2D eigenvalue weighted by molar-refractivity contribution is 5.93. The van der Waals surface area contributed by atoms with E-state index < -0.39 is 0 Å². The number of rotatable bonds is 5. The van der Waals surface area contributed by atoms with E-state index in [1.165, 1.54) is 0 Å². The average molecular weight is 325 g/mol. The van der Waals surface area contributed by atoms with Crippen LogP contribution in [0, 0.1) is 0 Å². The minimum Gasteiger partial charge on any atom is -0.370 e. The van der Waals surface area contributed by atoms with Gasteiger partial charge in [-0.05, 0) is 31.7 Å². The lowest BCUT2D eigenvalue weighted by atomic mass is 10.2. The molecular weight excluding hydrogens is 306 g/mol. The lowest BCUT2D eigenvalue weighted by molar-refractivity contribution is 0.0949. The van der Waals surface area contributed by atoms with Gasteiger partial charge >= 0.3 is 0 Å². The van der Waals surface area contributed by atoms with Crippen molar-refractivity contribution in [2.24, 2.45) is 0 Å². The molecule has 24 heavy (non-hydrogen) atoms. The summed E-state index contributed by atoms with van der Waals surface area (Å²) in [7, 11) is 0. The normalized spacial score (nSPS) is 20.1. The van der Waals surface area contributed by atoms with Gasteiger partial charge in [0.15, 0.2) is 5.82 Å². The Morgan fingerprint density at radius 3 is 2.71 bits per heavy atom. The van der Waals surface area contributed by atoms with Gasteiger partial charge in [-0.3, -0.25) is 4.79 Å². The molecule has 2 aliphatic rings. The molecule has 7 heteroatoms. The zero-order chi connectivity index (χ0) is 16.4. The molecule has 1 atom stereocenters. The van der Waals surface area contributed by atoms with Crippen LogP contribution in [0.4, 0.5) is 0 Å². The number of ether oxygens (including phenoxy) is 1. The molecule has 0 radical (unpaired) electrons. The molecule has 1 saturated heterocycles. The van der Waals surface area contributed by atoms with Crippen molar-refractivity contribution < 1.29 is 9.53 Å². The first-order chi connectivity index (χ1) is 11.8. The molecule has 1 amide bonds. The van der Waals surface area contributed by atoms with E-state index in [9.17, 15) is 4.79 Å². The Balaban J connectivity index is 1.37. The maximum atomic E-state index is 12.2. The zero-order valence-corrected chi connectivity index (χ0v) is 13.3. The lowest BCUT2D eigenvalue weighted by Crippen LogP contribution is -2.24. The summed E-state index contributed by atoms with van der Waals surface area (Å²) in [5.74, 6) is 1.81. The number of carbonyl (C=O) groups excluding carboxylic acids is 1. The summed E-state index contributed by atoms with van der Waals surface area (Å²) in [6.45, 7) is 1.09. The predicted octanol–water partition coefficient (Wildman–Crippen LogP) is 1.93. The van der Waals surface area contributed by atoms with Crippen molar-refractivity contribution in [3.05, 3.63) is 47.6 Å². The van der Waals surface area contributed by atoms with Crippen LogP contribution in [-0.2, 0) is 11.3 Å². The van der Waals surface area contributed by atoms with Crippen molar-refractivity contribution in [1.29, 1.82) is 0 Å². The van der Waals surface area contributed by atoms with Gasteiger partial charge in [0.25, 0.3) is 5.91 Å². The Morgan fingerprint density at radius 1 is 1.17 bits per heavy atom. The second-order valence-corrected chi connectivity index (χ2v) is 6.19. The van der Waals surface area contributed by atoms with Gasteiger partial charge in [-0.25, -0.2) is 19.9 Å². The summed E-state index contributed by atoms with van der Waals surface area (Å²) in [5, 5.41) is 2.85. The van der Waals surface area contributed by atoms with Gasteiger partial charge in [0.05, 0.1) is 17.8 Å². The van der Waals surface area contributed by atoms with Crippen molar-refractivity contribution in [2.45, 2.75) is 44.2 Å². The number of carbonyl (C=O) groups is 1. The standard InChI is InChI=1S/C17H19N5O2/c23-17(12-8-19-15(20-9-12)11-3-4-11)21-10-13-5-6-18-16(22-13)14-2-1-7-24-14/h5-6,8-9,11,14H,1-4,7,10H2,(H,21,23)/t14-/m0/s1. The highest BCUT2D eigenvalue weighted by Crippen LogP contribution is 2.37. The average Bonchev–Trinajstić information content (AvgIpc) is 3.34. The largest absolute Gasteiger partial charge is 0.370 e. The van der Waals surface area contributed by atoms with E-state index in [2.05, 4.69) is 25.3 Å². The Hall–Kier alpha value is -2.41. The van der Waals surface area contributed by atoms with E-state index in [1.54, 1.807) is 24.7 Å². The van der Waals surface area contributed by atoms with Gasteiger partial charge < -0.3 is 10.1 Å². The molecule has 0 spiro atoms. The van der Waals surface area contributed by atoms with Gasteiger partial charge in [0.1, 0.15) is 11.9 Å². The fourth-order valence-electron chi connectivity index (χ4n) is 2.73. The van der Waals surface area contributed by atoms with Crippen molar-refractivity contribution in [3.63, 3.8) is 0 Å². The van der Waals surface area contributed by atoms with E-state index in [4.69, 9.17) is 4.74 Å². The molecule has 3 heterocycles. The lowest BCUT2D eigenvalue weighted by Gasteiger charge is -2.09. The maximum absolute atomic E-state index is 12.2. The first-order valence-corrected chi connectivity index (χ1v) is 8.33.